The van der Waals surface area contributed by atoms with Crippen LogP contribution in [0.3, 0.4) is 0 Å². The summed E-state index contributed by atoms with van der Waals surface area (Å²) in [6, 6.07) is 8.85. The molecule has 1 aliphatic rings. The van der Waals surface area contributed by atoms with Crippen LogP contribution in [-0.4, -0.2) is 24.0 Å². The number of carbonyl (C=O) groups excluding carboxylic acids is 1. The molecule has 2 aromatic rings. The predicted octanol–water partition coefficient (Wildman–Crippen LogP) is 3.85. The summed E-state index contributed by atoms with van der Waals surface area (Å²) >= 11 is 0. The number of aryl methyl sites for hydroxylation is 2. The van der Waals surface area contributed by atoms with Crippen molar-refractivity contribution in [2.45, 2.75) is 45.8 Å². The maximum atomic E-state index is 11.8. The Kier molecular flexibility index (Phi) is 4.53. The van der Waals surface area contributed by atoms with Gasteiger partial charge >= 0.3 is 5.97 Å². The fourth-order valence-corrected chi connectivity index (χ4v) is 2.83. The standard InChI is InChI=1S/C19H23NO3/c1-13-4-5-15(10-14(13)2)11-20(16-6-7-16)12-18-17(8-9-23-18)19(21)22-3/h4-5,8-10,16H,6-7,11-12H2,1-3H3. The van der Waals surface area contributed by atoms with Crippen LogP contribution < -0.4 is 0 Å². The number of furan rings is 1. The van der Waals surface area contributed by atoms with E-state index in [0.29, 0.717) is 23.9 Å². The predicted molar refractivity (Wildman–Crippen MR) is 88.2 cm³/mol. The molecule has 3 rings (SSSR count). The smallest absolute Gasteiger partial charge is 0.341 e. The van der Waals surface area contributed by atoms with Gasteiger partial charge in [0.2, 0.25) is 0 Å². The number of nitrogens with zero attached hydrogens (tertiary/aromatic N) is 1. The summed E-state index contributed by atoms with van der Waals surface area (Å²) in [5, 5.41) is 0. The summed E-state index contributed by atoms with van der Waals surface area (Å²) < 4.78 is 10.4. The first kappa shape index (κ1) is 15.8. The lowest BCUT2D eigenvalue weighted by Gasteiger charge is -2.22. The maximum Gasteiger partial charge on any atom is 0.341 e. The van der Waals surface area contributed by atoms with Crippen molar-refractivity contribution in [3.05, 3.63) is 58.5 Å². The lowest BCUT2D eigenvalue weighted by atomic mass is 10.1. The number of hydrogen-bond acceptors (Lipinski definition) is 4. The Bertz CT molecular complexity index is 700. The van der Waals surface area contributed by atoms with Gasteiger partial charge in [0.1, 0.15) is 11.3 Å². The summed E-state index contributed by atoms with van der Waals surface area (Å²) in [6.45, 7) is 5.77. The topological polar surface area (TPSA) is 42.7 Å². The quantitative estimate of drug-likeness (QED) is 0.760. The van der Waals surface area contributed by atoms with Gasteiger partial charge in [0.15, 0.2) is 0 Å². The highest BCUT2D eigenvalue weighted by Gasteiger charge is 2.31. The van der Waals surface area contributed by atoms with E-state index < -0.39 is 0 Å². The highest BCUT2D eigenvalue weighted by atomic mass is 16.5. The summed E-state index contributed by atoms with van der Waals surface area (Å²) in [6.07, 6.45) is 3.97. The molecule has 1 aromatic heterocycles. The minimum atomic E-state index is -0.337. The third-order valence-electron chi connectivity index (χ3n) is 4.52. The monoisotopic (exact) mass is 313 g/mol. The average molecular weight is 313 g/mol. The van der Waals surface area contributed by atoms with Crippen LogP contribution in [0.15, 0.2) is 34.9 Å². The van der Waals surface area contributed by atoms with Crippen LogP contribution >= 0.6 is 0 Å². The molecule has 0 radical (unpaired) electrons. The molecule has 23 heavy (non-hydrogen) atoms. The lowest BCUT2D eigenvalue weighted by Crippen LogP contribution is -2.25. The van der Waals surface area contributed by atoms with Crippen molar-refractivity contribution in [3.63, 3.8) is 0 Å². The van der Waals surface area contributed by atoms with Crippen molar-refractivity contribution < 1.29 is 13.9 Å². The summed E-state index contributed by atoms with van der Waals surface area (Å²) in [7, 11) is 1.40. The number of methoxy groups -OCH3 is 1. The molecule has 0 N–H and O–H groups in total. The van der Waals surface area contributed by atoms with E-state index in [1.165, 1.54) is 36.6 Å². The molecule has 0 bridgehead atoms. The molecule has 0 aliphatic heterocycles. The van der Waals surface area contributed by atoms with Crippen LogP contribution in [0.4, 0.5) is 0 Å². The van der Waals surface area contributed by atoms with Crippen molar-refractivity contribution in [1.82, 2.24) is 4.90 Å². The minimum Gasteiger partial charge on any atom is -0.467 e. The molecule has 1 aromatic carbocycles. The first-order valence-electron chi connectivity index (χ1n) is 8.03. The molecule has 1 saturated carbocycles. The molecule has 0 amide bonds. The molecule has 0 atom stereocenters. The fraction of sp³-hybridized carbons (Fsp3) is 0.421. The minimum absolute atomic E-state index is 0.337. The number of benzene rings is 1. The first-order valence-corrected chi connectivity index (χ1v) is 8.03. The fourth-order valence-electron chi connectivity index (χ4n) is 2.83. The summed E-state index contributed by atoms with van der Waals surface area (Å²) in [5.74, 6) is 0.350. The average Bonchev–Trinajstić information content (AvgIpc) is 3.29. The van der Waals surface area contributed by atoms with Gasteiger partial charge in [-0.15, -0.1) is 0 Å². The number of rotatable bonds is 6. The van der Waals surface area contributed by atoms with Gasteiger partial charge < -0.3 is 9.15 Å². The third kappa shape index (κ3) is 3.64. The Morgan fingerprint density at radius 3 is 2.65 bits per heavy atom. The molecule has 0 saturated heterocycles. The van der Waals surface area contributed by atoms with Gasteiger partial charge in [0, 0.05) is 12.6 Å². The number of esters is 1. The van der Waals surface area contributed by atoms with Crippen molar-refractivity contribution in [1.29, 1.82) is 0 Å². The van der Waals surface area contributed by atoms with Gasteiger partial charge in [0.05, 0.1) is 19.9 Å². The van der Waals surface area contributed by atoms with E-state index in [1.54, 1.807) is 12.3 Å². The molecule has 4 nitrogen and oxygen atoms in total. The van der Waals surface area contributed by atoms with Crippen LogP contribution in [0.1, 0.15) is 45.7 Å². The first-order chi connectivity index (χ1) is 11.1. The normalized spacial score (nSPS) is 14.3. The number of ether oxygens (including phenoxy) is 1. The van der Waals surface area contributed by atoms with E-state index in [0.717, 1.165) is 6.54 Å². The Labute approximate surface area is 137 Å². The van der Waals surface area contributed by atoms with E-state index in [1.807, 2.05) is 0 Å². The second-order valence-electron chi connectivity index (χ2n) is 6.30. The zero-order valence-electron chi connectivity index (χ0n) is 14.0. The second-order valence-corrected chi connectivity index (χ2v) is 6.30. The lowest BCUT2D eigenvalue weighted by molar-refractivity contribution is 0.0596. The molecule has 1 heterocycles. The van der Waals surface area contributed by atoms with Gasteiger partial charge in [-0.2, -0.15) is 0 Å². The van der Waals surface area contributed by atoms with Crippen LogP contribution in [0.25, 0.3) is 0 Å². The summed E-state index contributed by atoms with van der Waals surface area (Å²) in [4.78, 5) is 14.2. The molecule has 1 aliphatic carbocycles. The van der Waals surface area contributed by atoms with Gasteiger partial charge in [-0.25, -0.2) is 4.79 Å². The van der Waals surface area contributed by atoms with Crippen molar-refractivity contribution in [2.24, 2.45) is 0 Å². The molecule has 0 spiro atoms. The van der Waals surface area contributed by atoms with E-state index in [9.17, 15) is 4.79 Å². The van der Waals surface area contributed by atoms with Crippen LogP contribution in [0.2, 0.25) is 0 Å². The van der Waals surface area contributed by atoms with E-state index in [2.05, 4.69) is 36.9 Å². The highest BCUT2D eigenvalue weighted by molar-refractivity contribution is 5.90. The van der Waals surface area contributed by atoms with Crippen LogP contribution in [0.5, 0.6) is 0 Å². The van der Waals surface area contributed by atoms with E-state index in [4.69, 9.17) is 9.15 Å². The molecule has 122 valence electrons. The van der Waals surface area contributed by atoms with Crippen LogP contribution in [-0.2, 0) is 17.8 Å². The van der Waals surface area contributed by atoms with Gasteiger partial charge in [-0.1, -0.05) is 18.2 Å². The number of carbonyl (C=O) groups is 1. The summed E-state index contributed by atoms with van der Waals surface area (Å²) in [5.41, 5.74) is 4.45. The number of hydrogen-bond donors (Lipinski definition) is 0. The highest BCUT2D eigenvalue weighted by Crippen LogP contribution is 2.31. The second kappa shape index (κ2) is 6.59. The SMILES string of the molecule is COC(=O)c1ccoc1CN(Cc1ccc(C)c(C)c1)C1CC1. The van der Waals surface area contributed by atoms with E-state index >= 15 is 0 Å². The van der Waals surface area contributed by atoms with Gasteiger partial charge in [0.25, 0.3) is 0 Å². The van der Waals surface area contributed by atoms with Gasteiger partial charge in [-0.05, 0) is 49.4 Å². The zero-order chi connectivity index (χ0) is 16.4. The van der Waals surface area contributed by atoms with Crippen LogP contribution in [0, 0.1) is 13.8 Å². The van der Waals surface area contributed by atoms with Crippen molar-refractivity contribution in [2.75, 3.05) is 7.11 Å². The van der Waals surface area contributed by atoms with E-state index in [-0.39, 0.29) is 5.97 Å². The Balaban J connectivity index is 1.76. The Morgan fingerprint density at radius 2 is 2.00 bits per heavy atom. The zero-order valence-corrected chi connectivity index (χ0v) is 14.0. The van der Waals surface area contributed by atoms with Gasteiger partial charge in [-0.3, -0.25) is 4.90 Å². The molecular formula is C19H23NO3. The maximum absolute atomic E-state index is 11.8. The molecule has 1 fully saturated rings. The third-order valence-corrected chi connectivity index (χ3v) is 4.52. The van der Waals surface area contributed by atoms with Crippen molar-refractivity contribution >= 4 is 5.97 Å². The molecule has 4 heteroatoms. The van der Waals surface area contributed by atoms with Crippen molar-refractivity contribution in [3.8, 4) is 0 Å². The molecule has 0 unspecified atom stereocenters. The molecular weight excluding hydrogens is 290 g/mol. The Hall–Kier alpha value is -2.07. The Morgan fingerprint density at radius 1 is 1.22 bits per heavy atom. The largest absolute Gasteiger partial charge is 0.467 e.